The topological polar surface area (TPSA) is 110 Å². The van der Waals surface area contributed by atoms with Crippen molar-refractivity contribution in [2.45, 2.75) is 19.3 Å². The summed E-state index contributed by atoms with van der Waals surface area (Å²) >= 11 is 0. The Labute approximate surface area is 143 Å². The SMILES string of the molecule is O=C(CN1C(=O)[C@@H]2[C@@H]3CC[C@@H](C3)[C@@H]2C1=O)Nc1cccc([N+](=O)[O-])c1. The van der Waals surface area contributed by atoms with E-state index in [0.29, 0.717) is 0 Å². The fraction of sp³-hybridized carbons (Fsp3) is 0.471. The van der Waals surface area contributed by atoms with Crippen LogP contribution in [0.5, 0.6) is 0 Å². The molecule has 1 aromatic carbocycles. The fourth-order valence-electron chi connectivity index (χ4n) is 4.67. The largest absolute Gasteiger partial charge is 0.324 e. The van der Waals surface area contributed by atoms with Crippen LogP contribution in [0.1, 0.15) is 19.3 Å². The number of fused-ring (bicyclic) bond motifs is 5. The number of carbonyl (C=O) groups excluding carboxylic acids is 3. The van der Waals surface area contributed by atoms with Gasteiger partial charge in [0.1, 0.15) is 6.54 Å². The van der Waals surface area contributed by atoms with Crippen molar-refractivity contribution in [1.82, 2.24) is 4.90 Å². The number of rotatable bonds is 4. The molecule has 2 saturated carbocycles. The van der Waals surface area contributed by atoms with Crippen LogP contribution in [0.4, 0.5) is 11.4 Å². The first-order valence-corrected chi connectivity index (χ1v) is 8.35. The van der Waals surface area contributed by atoms with Crippen LogP contribution >= 0.6 is 0 Å². The number of likely N-dealkylation sites (tertiary alicyclic amines) is 1. The van der Waals surface area contributed by atoms with Gasteiger partial charge in [-0.3, -0.25) is 29.4 Å². The molecule has 8 heteroatoms. The van der Waals surface area contributed by atoms with Gasteiger partial charge in [0.15, 0.2) is 0 Å². The second kappa shape index (κ2) is 5.65. The lowest BCUT2D eigenvalue weighted by molar-refractivity contribution is -0.384. The number of anilines is 1. The highest BCUT2D eigenvalue weighted by atomic mass is 16.6. The second-order valence-corrected chi connectivity index (χ2v) is 7.00. The maximum Gasteiger partial charge on any atom is 0.271 e. The Hall–Kier alpha value is -2.77. The molecule has 1 aliphatic heterocycles. The monoisotopic (exact) mass is 343 g/mol. The van der Waals surface area contributed by atoms with Crippen molar-refractivity contribution < 1.29 is 19.3 Å². The van der Waals surface area contributed by atoms with E-state index in [1.807, 2.05) is 0 Å². The maximum absolute atomic E-state index is 12.6. The van der Waals surface area contributed by atoms with Gasteiger partial charge in [-0.2, -0.15) is 0 Å². The molecule has 0 radical (unpaired) electrons. The summed E-state index contributed by atoms with van der Waals surface area (Å²) in [5.41, 5.74) is 0.121. The van der Waals surface area contributed by atoms with Crippen molar-refractivity contribution in [2.24, 2.45) is 23.7 Å². The number of hydrogen-bond donors (Lipinski definition) is 1. The molecule has 1 aromatic rings. The standard InChI is InChI=1S/C17H17N3O5/c21-13(18-11-2-1-3-12(7-11)20(24)25)8-19-16(22)14-9-4-5-10(6-9)15(14)17(19)23/h1-3,7,9-10,14-15H,4-6,8H2,(H,18,21)/t9-,10+,14-,15+. The molecular formula is C17H17N3O5. The predicted molar refractivity (Wildman–Crippen MR) is 86.3 cm³/mol. The van der Waals surface area contributed by atoms with E-state index in [4.69, 9.17) is 0 Å². The van der Waals surface area contributed by atoms with E-state index in [0.717, 1.165) is 24.2 Å². The first-order chi connectivity index (χ1) is 12.0. The van der Waals surface area contributed by atoms with Crippen molar-refractivity contribution in [2.75, 3.05) is 11.9 Å². The Kier molecular flexibility index (Phi) is 3.55. The van der Waals surface area contributed by atoms with Crippen molar-refractivity contribution in [3.05, 3.63) is 34.4 Å². The van der Waals surface area contributed by atoms with E-state index in [1.54, 1.807) is 0 Å². The minimum atomic E-state index is -0.555. The maximum atomic E-state index is 12.6. The van der Waals surface area contributed by atoms with Gasteiger partial charge in [0.25, 0.3) is 5.69 Å². The van der Waals surface area contributed by atoms with Crippen molar-refractivity contribution in [1.29, 1.82) is 0 Å². The number of benzene rings is 1. The molecule has 4 rings (SSSR count). The summed E-state index contributed by atoms with van der Waals surface area (Å²) < 4.78 is 0. The van der Waals surface area contributed by atoms with Gasteiger partial charge < -0.3 is 5.32 Å². The lowest BCUT2D eigenvalue weighted by atomic mass is 9.81. The van der Waals surface area contributed by atoms with Crippen molar-refractivity contribution >= 4 is 29.1 Å². The first kappa shape index (κ1) is 15.7. The summed E-state index contributed by atoms with van der Waals surface area (Å²) in [5.74, 6) is -0.969. The molecule has 2 aliphatic carbocycles. The highest BCUT2D eigenvalue weighted by molar-refractivity contribution is 6.09. The summed E-state index contributed by atoms with van der Waals surface area (Å²) in [4.78, 5) is 48.6. The van der Waals surface area contributed by atoms with Crippen LogP contribution in [0.2, 0.25) is 0 Å². The third-order valence-corrected chi connectivity index (χ3v) is 5.66. The number of imide groups is 1. The molecule has 3 amide bonds. The average Bonchev–Trinajstić information content (AvgIpc) is 3.25. The predicted octanol–water partition coefficient (Wildman–Crippen LogP) is 1.56. The highest BCUT2D eigenvalue weighted by Gasteiger charge is 2.60. The van der Waals surface area contributed by atoms with Gasteiger partial charge in [0.2, 0.25) is 17.7 Å². The van der Waals surface area contributed by atoms with Gasteiger partial charge >= 0.3 is 0 Å². The Bertz CT molecular complexity index is 764. The molecule has 130 valence electrons. The molecule has 8 nitrogen and oxygen atoms in total. The van der Waals surface area contributed by atoms with E-state index in [9.17, 15) is 24.5 Å². The number of nitro groups is 1. The lowest BCUT2D eigenvalue weighted by Gasteiger charge is -2.19. The third-order valence-electron chi connectivity index (χ3n) is 5.66. The quantitative estimate of drug-likeness (QED) is 0.507. The van der Waals surface area contributed by atoms with E-state index in [-0.39, 0.29) is 53.4 Å². The second-order valence-electron chi connectivity index (χ2n) is 7.00. The number of non-ortho nitro benzene ring substituents is 1. The number of nitro benzene ring substituents is 1. The molecule has 0 unspecified atom stereocenters. The average molecular weight is 343 g/mol. The Balaban J connectivity index is 1.45. The number of nitrogens with one attached hydrogen (secondary N) is 1. The first-order valence-electron chi connectivity index (χ1n) is 8.35. The summed E-state index contributed by atoms with van der Waals surface area (Å²) in [5, 5.41) is 13.3. The van der Waals surface area contributed by atoms with Gasteiger partial charge in [-0.15, -0.1) is 0 Å². The molecule has 1 heterocycles. The summed E-state index contributed by atoms with van der Waals surface area (Å²) in [6.07, 6.45) is 2.91. The summed E-state index contributed by atoms with van der Waals surface area (Å²) in [6.45, 7) is -0.340. The molecule has 0 aromatic heterocycles. The van der Waals surface area contributed by atoms with E-state index in [2.05, 4.69) is 5.32 Å². The summed E-state index contributed by atoms with van der Waals surface area (Å²) in [6, 6.07) is 5.54. The molecule has 1 N–H and O–H groups in total. The van der Waals surface area contributed by atoms with Gasteiger partial charge in [-0.05, 0) is 37.2 Å². The zero-order chi connectivity index (χ0) is 17.7. The van der Waals surface area contributed by atoms with Gasteiger partial charge in [-0.1, -0.05) is 6.07 Å². The smallest absolute Gasteiger partial charge is 0.271 e. The van der Waals surface area contributed by atoms with Crippen LogP contribution in [0.25, 0.3) is 0 Å². The van der Waals surface area contributed by atoms with Crippen LogP contribution in [-0.2, 0) is 14.4 Å². The van der Waals surface area contributed by atoms with Crippen molar-refractivity contribution in [3.8, 4) is 0 Å². The van der Waals surface area contributed by atoms with Crippen LogP contribution in [0.3, 0.4) is 0 Å². The van der Waals surface area contributed by atoms with Gasteiger partial charge in [0, 0.05) is 17.8 Å². The minimum Gasteiger partial charge on any atom is -0.324 e. The number of carbonyl (C=O) groups is 3. The lowest BCUT2D eigenvalue weighted by Crippen LogP contribution is -2.39. The Morgan fingerprint density at radius 2 is 1.84 bits per heavy atom. The molecule has 25 heavy (non-hydrogen) atoms. The van der Waals surface area contributed by atoms with E-state index < -0.39 is 10.8 Å². The van der Waals surface area contributed by atoms with E-state index >= 15 is 0 Å². The fourth-order valence-corrected chi connectivity index (χ4v) is 4.67. The number of amides is 3. The van der Waals surface area contributed by atoms with Gasteiger partial charge in [0.05, 0.1) is 16.8 Å². The van der Waals surface area contributed by atoms with Crippen LogP contribution in [0, 0.1) is 33.8 Å². The van der Waals surface area contributed by atoms with E-state index in [1.165, 1.54) is 24.3 Å². The van der Waals surface area contributed by atoms with Crippen LogP contribution in [0.15, 0.2) is 24.3 Å². The van der Waals surface area contributed by atoms with Crippen LogP contribution < -0.4 is 5.32 Å². The van der Waals surface area contributed by atoms with Gasteiger partial charge in [-0.25, -0.2) is 0 Å². The summed E-state index contributed by atoms with van der Waals surface area (Å²) in [7, 11) is 0. The van der Waals surface area contributed by atoms with Crippen molar-refractivity contribution in [3.63, 3.8) is 0 Å². The number of hydrogen-bond acceptors (Lipinski definition) is 5. The molecule has 2 bridgehead atoms. The number of nitrogens with zero attached hydrogens (tertiary/aromatic N) is 2. The van der Waals surface area contributed by atoms with Crippen LogP contribution in [-0.4, -0.2) is 34.1 Å². The molecule has 0 spiro atoms. The highest BCUT2D eigenvalue weighted by Crippen LogP contribution is 2.56. The zero-order valence-corrected chi connectivity index (χ0v) is 13.4. The third kappa shape index (κ3) is 2.48. The molecule has 1 saturated heterocycles. The molecular weight excluding hydrogens is 326 g/mol. The molecule has 4 atom stereocenters. The zero-order valence-electron chi connectivity index (χ0n) is 13.4. The Morgan fingerprint density at radius 1 is 1.20 bits per heavy atom. The minimum absolute atomic E-state index is 0.141. The normalized spacial score (nSPS) is 29.8. The molecule has 3 fully saturated rings. The molecule has 3 aliphatic rings. The Morgan fingerprint density at radius 3 is 2.44 bits per heavy atom.